The molecule has 0 unspecified atom stereocenters. The Morgan fingerprint density at radius 1 is 1.17 bits per heavy atom. The molecule has 0 saturated heterocycles. The molecule has 122 valence electrons. The van der Waals surface area contributed by atoms with Gasteiger partial charge in [-0.1, -0.05) is 40.2 Å². The van der Waals surface area contributed by atoms with Gasteiger partial charge in [-0.25, -0.2) is 0 Å². The van der Waals surface area contributed by atoms with Crippen LogP contribution in [0, 0.1) is 0 Å². The monoisotopic (exact) mass is 385 g/mol. The number of carbonyl (C=O) groups is 1. The van der Waals surface area contributed by atoms with Gasteiger partial charge in [-0.3, -0.25) is 9.48 Å². The fourth-order valence-corrected chi connectivity index (χ4v) is 2.77. The summed E-state index contributed by atoms with van der Waals surface area (Å²) in [6, 6.07) is 14.5. The molecule has 24 heavy (non-hydrogen) atoms. The number of amides is 1. The van der Waals surface area contributed by atoms with Crippen LogP contribution in [0.15, 0.2) is 65.4 Å². The first-order chi connectivity index (χ1) is 11.6. The molecule has 5 nitrogen and oxygen atoms in total. The van der Waals surface area contributed by atoms with Crippen molar-refractivity contribution in [2.45, 2.75) is 13.1 Å². The van der Waals surface area contributed by atoms with E-state index in [4.69, 9.17) is 0 Å². The maximum atomic E-state index is 12.3. The maximum absolute atomic E-state index is 12.3. The second-order valence-electron chi connectivity index (χ2n) is 5.32. The molecule has 0 atom stereocenters. The third-order valence-electron chi connectivity index (χ3n) is 3.65. The molecule has 0 saturated carbocycles. The number of carbonyl (C=O) groups excluding carboxylic acids is 1. The number of halogens is 1. The molecule has 2 N–H and O–H groups in total. The van der Waals surface area contributed by atoms with Crippen LogP contribution in [0.3, 0.4) is 0 Å². The van der Waals surface area contributed by atoms with Crippen LogP contribution in [0.25, 0.3) is 0 Å². The molecule has 6 heteroatoms. The van der Waals surface area contributed by atoms with Crippen molar-refractivity contribution in [3.63, 3.8) is 0 Å². The van der Waals surface area contributed by atoms with Crippen LogP contribution in [0.5, 0.6) is 5.75 Å². The van der Waals surface area contributed by atoms with E-state index in [2.05, 4.69) is 26.3 Å². The largest absolute Gasteiger partial charge is 0.507 e. The van der Waals surface area contributed by atoms with Crippen molar-refractivity contribution in [1.29, 1.82) is 0 Å². The van der Waals surface area contributed by atoms with Gasteiger partial charge in [0.25, 0.3) is 5.91 Å². The lowest BCUT2D eigenvalue weighted by Gasteiger charge is -2.12. The number of hydrogen-bond acceptors (Lipinski definition) is 3. The topological polar surface area (TPSA) is 67.2 Å². The van der Waals surface area contributed by atoms with Crippen LogP contribution < -0.4 is 5.32 Å². The number of aromatic nitrogens is 2. The molecule has 0 aliphatic carbocycles. The lowest BCUT2D eigenvalue weighted by atomic mass is 10.1. The third-order valence-corrected chi connectivity index (χ3v) is 4.15. The molecule has 1 amide bonds. The standard InChI is InChI=1S/C18H16BrN3O2/c19-15-6-7-17(23)16(10-15)18(24)20-11-13-4-1-2-5-14(13)12-22-9-3-8-21-22/h1-10,23H,11-12H2,(H,20,24). The average molecular weight is 386 g/mol. The number of benzene rings is 2. The predicted octanol–water partition coefficient (Wildman–Crippen LogP) is 3.33. The number of nitrogens with zero attached hydrogens (tertiary/aromatic N) is 2. The Morgan fingerprint density at radius 2 is 1.96 bits per heavy atom. The van der Waals surface area contributed by atoms with E-state index in [1.807, 2.05) is 41.2 Å². The normalized spacial score (nSPS) is 10.5. The zero-order valence-corrected chi connectivity index (χ0v) is 14.4. The molecule has 1 aromatic heterocycles. The van der Waals surface area contributed by atoms with E-state index in [-0.39, 0.29) is 17.2 Å². The zero-order chi connectivity index (χ0) is 16.9. The Kier molecular flexibility index (Phi) is 4.96. The molecule has 0 fully saturated rings. The summed E-state index contributed by atoms with van der Waals surface area (Å²) in [7, 11) is 0. The maximum Gasteiger partial charge on any atom is 0.255 e. The number of phenols is 1. The summed E-state index contributed by atoms with van der Waals surface area (Å²) in [5.41, 5.74) is 2.34. The van der Waals surface area contributed by atoms with Gasteiger partial charge in [-0.05, 0) is 35.4 Å². The molecular weight excluding hydrogens is 370 g/mol. The number of phenolic OH excluding ortho intramolecular Hbond substituents is 1. The van der Waals surface area contributed by atoms with Gasteiger partial charge in [0.05, 0.1) is 12.1 Å². The number of aromatic hydroxyl groups is 1. The Hall–Kier alpha value is -2.60. The highest BCUT2D eigenvalue weighted by Crippen LogP contribution is 2.22. The van der Waals surface area contributed by atoms with Gasteiger partial charge in [-0.2, -0.15) is 5.10 Å². The summed E-state index contributed by atoms with van der Waals surface area (Å²) in [5.74, 6) is -0.358. The molecule has 2 aromatic carbocycles. The molecule has 0 bridgehead atoms. The first kappa shape index (κ1) is 16.3. The quantitative estimate of drug-likeness (QED) is 0.707. The van der Waals surface area contributed by atoms with Gasteiger partial charge in [0.2, 0.25) is 0 Å². The van der Waals surface area contributed by atoms with Crippen molar-refractivity contribution in [2.24, 2.45) is 0 Å². The molecule has 0 aliphatic heterocycles. The Bertz CT molecular complexity index is 847. The third kappa shape index (κ3) is 3.83. The van der Waals surface area contributed by atoms with Crippen molar-refractivity contribution in [2.75, 3.05) is 0 Å². The molecule has 1 heterocycles. The lowest BCUT2D eigenvalue weighted by Crippen LogP contribution is -2.23. The molecule has 0 spiro atoms. The molecular formula is C18H16BrN3O2. The summed E-state index contributed by atoms with van der Waals surface area (Å²) in [4.78, 5) is 12.3. The van der Waals surface area contributed by atoms with Crippen LogP contribution in [0.2, 0.25) is 0 Å². The summed E-state index contributed by atoms with van der Waals surface area (Å²) in [6.45, 7) is 1.02. The first-order valence-corrected chi connectivity index (χ1v) is 8.24. The Morgan fingerprint density at radius 3 is 2.71 bits per heavy atom. The van der Waals surface area contributed by atoms with E-state index in [0.29, 0.717) is 13.1 Å². The van der Waals surface area contributed by atoms with E-state index in [1.165, 1.54) is 6.07 Å². The number of rotatable bonds is 5. The summed E-state index contributed by atoms with van der Waals surface area (Å²) in [6.07, 6.45) is 3.63. The van der Waals surface area contributed by atoms with Crippen molar-refractivity contribution in [3.8, 4) is 5.75 Å². The predicted molar refractivity (Wildman–Crippen MR) is 94.7 cm³/mol. The van der Waals surface area contributed by atoms with Crippen molar-refractivity contribution in [1.82, 2.24) is 15.1 Å². The zero-order valence-electron chi connectivity index (χ0n) is 12.8. The molecule has 3 aromatic rings. The van der Waals surface area contributed by atoms with Crippen LogP contribution in [0.4, 0.5) is 0 Å². The van der Waals surface area contributed by atoms with Crippen LogP contribution in [0.1, 0.15) is 21.5 Å². The van der Waals surface area contributed by atoms with Crippen molar-refractivity contribution >= 4 is 21.8 Å². The fourth-order valence-electron chi connectivity index (χ4n) is 2.41. The minimum atomic E-state index is -0.317. The molecule has 0 aliphatic rings. The Balaban J connectivity index is 1.72. The van der Waals surface area contributed by atoms with Crippen LogP contribution in [-0.2, 0) is 13.1 Å². The van der Waals surface area contributed by atoms with E-state index >= 15 is 0 Å². The number of hydrogen-bond donors (Lipinski definition) is 2. The van der Waals surface area contributed by atoms with Gasteiger partial charge in [0.15, 0.2) is 0 Å². The summed E-state index contributed by atoms with van der Waals surface area (Å²) < 4.78 is 2.57. The highest BCUT2D eigenvalue weighted by Gasteiger charge is 2.12. The minimum Gasteiger partial charge on any atom is -0.507 e. The van der Waals surface area contributed by atoms with Gasteiger partial charge < -0.3 is 10.4 Å². The smallest absolute Gasteiger partial charge is 0.255 e. The number of nitrogens with one attached hydrogen (secondary N) is 1. The highest BCUT2D eigenvalue weighted by atomic mass is 79.9. The first-order valence-electron chi connectivity index (χ1n) is 7.44. The average Bonchev–Trinajstić information content (AvgIpc) is 3.09. The lowest BCUT2D eigenvalue weighted by molar-refractivity contribution is 0.0948. The van der Waals surface area contributed by atoms with Gasteiger partial charge >= 0.3 is 0 Å². The fraction of sp³-hybridized carbons (Fsp3) is 0.111. The van der Waals surface area contributed by atoms with Crippen LogP contribution in [-0.4, -0.2) is 20.8 Å². The summed E-state index contributed by atoms with van der Waals surface area (Å²) >= 11 is 3.30. The van der Waals surface area contributed by atoms with Crippen molar-refractivity contribution < 1.29 is 9.90 Å². The van der Waals surface area contributed by atoms with E-state index in [1.54, 1.807) is 18.3 Å². The van der Waals surface area contributed by atoms with Crippen molar-refractivity contribution in [3.05, 3.63) is 82.1 Å². The highest BCUT2D eigenvalue weighted by molar-refractivity contribution is 9.10. The summed E-state index contributed by atoms with van der Waals surface area (Å²) in [5, 5.41) is 16.9. The SMILES string of the molecule is O=C(NCc1ccccc1Cn1cccn1)c1cc(Br)ccc1O. The molecule has 3 rings (SSSR count). The van der Waals surface area contributed by atoms with Gasteiger partial charge in [0, 0.05) is 23.4 Å². The second-order valence-corrected chi connectivity index (χ2v) is 6.23. The van der Waals surface area contributed by atoms with Gasteiger partial charge in [0.1, 0.15) is 5.75 Å². The second kappa shape index (κ2) is 7.31. The molecule has 0 radical (unpaired) electrons. The Labute approximate surface area is 148 Å². The minimum absolute atomic E-state index is 0.0412. The van der Waals surface area contributed by atoms with Crippen LogP contribution >= 0.6 is 15.9 Å². The van der Waals surface area contributed by atoms with Gasteiger partial charge in [-0.15, -0.1) is 0 Å². The van der Waals surface area contributed by atoms with E-state index in [9.17, 15) is 9.90 Å². The van der Waals surface area contributed by atoms with E-state index < -0.39 is 0 Å². The van der Waals surface area contributed by atoms with E-state index in [0.717, 1.165) is 15.6 Å².